The highest BCUT2D eigenvalue weighted by molar-refractivity contribution is 7.18. The minimum atomic E-state index is 0.846. The van der Waals surface area contributed by atoms with E-state index in [4.69, 9.17) is 4.98 Å². The Hall–Kier alpha value is -2.40. The molecule has 5 heteroatoms. The minimum absolute atomic E-state index is 0.846. The quantitative estimate of drug-likeness (QED) is 0.415. The largest absolute Gasteiger partial charge is 0.356 e. The molecule has 0 aliphatic rings. The van der Waals surface area contributed by atoms with Crippen molar-refractivity contribution in [3.8, 4) is 0 Å². The summed E-state index contributed by atoms with van der Waals surface area (Å²) in [7, 11) is 3.90. The number of thiazole rings is 1. The fourth-order valence-corrected chi connectivity index (χ4v) is 3.79. The Labute approximate surface area is 153 Å². The normalized spacial score (nSPS) is 11.7. The Morgan fingerprint density at radius 3 is 2.64 bits per heavy atom. The summed E-state index contributed by atoms with van der Waals surface area (Å²) in [6.07, 6.45) is 2.03. The monoisotopic (exact) mass is 352 g/mol. The number of rotatable bonds is 6. The van der Waals surface area contributed by atoms with Crippen LogP contribution in [0.5, 0.6) is 0 Å². The van der Waals surface area contributed by atoms with Crippen LogP contribution in [0.2, 0.25) is 0 Å². The van der Waals surface area contributed by atoms with Crippen LogP contribution in [0.15, 0.2) is 59.6 Å². The zero-order chi connectivity index (χ0) is 17.5. The van der Waals surface area contributed by atoms with E-state index in [2.05, 4.69) is 64.7 Å². The summed E-state index contributed by atoms with van der Waals surface area (Å²) in [5, 5.41) is 4.65. The molecule has 25 heavy (non-hydrogen) atoms. The molecular formula is C20H24N4S. The molecule has 1 aromatic heterocycles. The van der Waals surface area contributed by atoms with E-state index in [1.54, 1.807) is 11.3 Å². The lowest BCUT2D eigenvalue weighted by atomic mass is 10.2. The van der Waals surface area contributed by atoms with E-state index in [0.29, 0.717) is 0 Å². The van der Waals surface area contributed by atoms with Gasteiger partial charge in [-0.15, -0.1) is 11.3 Å². The lowest BCUT2D eigenvalue weighted by molar-refractivity contribution is 0.476. The summed E-state index contributed by atoms with van der Waals surface area (Å²) in [4.78, 5) is 11.2. The van der Waals surface area contributed by atoms with Gasteiger partial charge in [0.2, 0.25) is 0 Å². The van der Waals surface area contributed by atoms with Crippen LogP contribution < -0.4 is 5.32 Å². The standard InChI is InChI=1S/C20H24N4S/c1-21-20(24(2)15-16-9-4-3-5-10-16)22-14-8-13-19-23-17-11-6-7-12-18(17)25-19/h3-7,9-12H,8,13-15H2,1-2H3,(H,21,22). The van der Waals surface area contributed by atoms with E-state index in [1.165, 1.54) is 15.3 Å². The maximum Gasteiger partial charge on any atom is 0.193 e. The smallest absolute Gasteiger partial charge is 0.193 e. The Bertz CT molecular complexity index is 793. The zero-order valence-corrected chi connectivity index (χ0v) is 15.6. The van der Waals surface area contributed by atoms with Crippen LogP contribution in [-0.4, -0.2) is 36.5 Å². The fourth-order valence-electron chi connectivity index (χ4n) is 2.78. The number of nitrogens with one attached hydrogen (secondary N) is 1. The van der Waals surface area contributed by atoms with Crippen molar-refractivity contribution in [1.82, 2.24) is 15.2 Å². The molecular weight excluding hydrogens is 328 g/mol. The van der Waals surface area contributed by atoms with Crippen LogP contribution in [0.1, 0.15) is 17.0 Å². The lowest BCUT2D eigenvalue weighted by Gasteiger charge is -2.22. The third-order valence-electron chi connectivity index (χ3n) is 4.02. The summed E-state index contributed by atoms with van der Waals surface area (Å²) in [6, 6.07) is 18.8. The van der Waals surface area contributed by atoms with Crippen molar-refractivity contribution >= 4 is 27.5 Å². The van der Waals surface area contributed by atoms with Crippen molar-refractivity contribution in [2.45, 2.75) is 19.4 Å². The highest BCUT2D eigenvalue weighted by Gasteiger charge is 2.07. The second-order valence-corrected chi connectivity index (χ2v) is 7.11. The number of nitrogens with zero attached hydrogens (tertiary/aromatic N) is 3. The second kappa shape index (κ2) is 8.62. The molecule has 0 fully saturated rings. The zero-order valence-electron chi connectivity index (χ0n) is 14.8. The molecule has 0 saturated heterocycles. The highest BCUT2D eigenvalue weighted by atomic mass is 32.1. The third-order valence-corrected chi connectivity index (χ3v) is 5.12. The van der Waals surface area contributed by atoms with Crippen molar-refractivity contribution in [3.63, 3.8) is 0 Å². The second-order valence-electron chi connectivity index (χ2n) is 5.99. The van der Waals surface area contributed by atoms with E-state index in [0.717, 1.165) is 37.4 Å². The van der Waals surface area contributed by atoms with E-state index in [9.17, 15) is 0 Å². The Balaban J connectivity index is 1.46. The van der Waals surface area contributed by atoms with Crippen molar-refractivity contribution < 1.29 is 0 Å². The summed E-state index contributed by atoms with van der Waals surface area (Å²) < 4.78 is 1.27. The summed E-state index contributed by atoms with van der Waals surface area (Å²) in [5.41, 5.74) is 2.39. The molecule has 0 atom stereocenters. The molecule has 0 radical (unpaired) electrons. The van der Waals surface area contributed by atoms with E-state index in [-0.39, 0.29) is 0 Å². The molecule has 4 nitrogen and oxygen atoms in total. The molecule has 2 aromatic carbocycles. The van der Waals surface area contributed by atoms with Gasteiger partial charge in [0.15, 0.2) is 5.96 Å². The number of para-hydroxylation sites is 1. The SMILES string of the molecule is CN=C(NCCCc1nc2ccccc2s1)N(C)Cc1ccccc1. The van der Waals surface area contributed by atoms with Crippen molar-refractivity contribution in [2.24, 2.45) is 4.99 Å². The molecule has 3 rings (SSSR count). The molecule has 0 saturated carbocycles. The molecule has 130 valence electrons. The summed E-state index contributed by atoms with van der Waals surface area (Å²) in [6.45, 7) is 1.74. The molecule has 0 spiro atoms. The van der Waals surface area contributed by atoms with Gasteiger partial charge in [-0.05, 0) is 24.1 Å². The molecule has 0 aliphatic heterocycles. The van der Waals surface area contributed by atoms with Crippen molar-refractivity contribution in [3.05, 3.63) is 65.2 Å². The van der Waals surface area contributed by atoms with Crippen LogP contribution >= 0.6 is 11.3 Å². The number of benzene rings is 2. The third kappa shape index (κ3) is 4.79. The van der Waals surface area contributed by atoms with Crippen LogP contribution in [0.4, 0.5) is 0 Å². The number of guanidine groups is 1. The average Bonchev–Trinajstić information content (AvgIpc) is 3.05. The molecule has 1 heterocycles. The molecule has 0 amide bonds. The predicted molar refractivity (Wildman–Crippen MR) is 107 cm³/mol. The molecule has 0 aliphatic carbocycles. The maximum absolute atomic E-state index is 4.69. The van der Waals surface area contributed by atoms with E-state index >= 15 is 0 Å². The van der Waals surface area contributed by atoms with Crippen LogP contribution in [-0.2, 0) is 13.0 Å². The van der Waals surface area contributed by atoms with Gasteiger partial charge in [0, 0.05) is 33.6 Å². The lowest BCUT2D eigenvalue weighted by Crippen LogP contribution is -2.38. The Morgan fingerprint density at radius 1 is 1.12 bits per heavy atom. The molecule has 0 bridgehead atoms. The summed E-state index contributed by atoms with van der Waals surface area (Å²) in [5.74, 6) is 0.924. The Kier molecular flexibility index (Phi) is 6.01. The van der Waals surface area contributed by atoms with Crippen LogP contribution in [0.3, 0.4) is 0 Å². The average molecular weight is 353 g/mol. The fraction of sp³-hybridized carbons (Fsp3) is 0.300. The minimum Gasteiger partial charge on any atom is -0.356 e. The number of hydrogen-bond donors (Lipinski definition) is 1. The first kappa shape index (κ1) is 17.4. The van der Waals surface area contributed by atoms with Crippen LogP contribution in [0.25, 0.3) is 10.2 Å². The topological polar surface area (TPSA) is 40.5 Å². The van der Waals surface area contributed by atoms with Gasteiger partial charge in [-0.25, -0.2) is 4.98 Å². The van der Waals surface area contributed by atoms with Crippen molar-refractivity contribution in [1.29, 1.82) is 0 Å². The first-order valence-corrected chi connectivity index (χ1v) is 9.38. The van der Waals surface area contributed by atoms with Crippen molar-refractivity contribution in [2.75, 3.05) is 20.6 Å². The number of aromatic nitrogens is 1. The predicted octanol–water partition coefficient (Wildman–Crippen LogP) is 3.94. The first-order valence-electron chi connectivity index (χ1n) is 8.56. The van der Waals surface area contributed by atoms with E-state index in [1.807, 2.05) is 19.2 Å². The first-order chi connectivity index (χ1) is 12.3. The van der Waals surface area contributed by atoms with Gasteiger partial charge in [0.1, 0.15) is 0 Å². The van der Waals surface area contributed by atoms with Gasteiger partial charge in [-0.3, -0.25) is 4.99 Å². The number of hydrogen-bond acceptors (Lipinski definition) is 3. The number of aryl methyl sites for hydroxylation is 1. The Morgan fingerprint density at radius 2 is 1.88 bits per heavy atom. The molecule has 0 unspecified atom stereocenters. The van der Waals surface area contributed by atoms with Gasteiger partial charge in [0.25, 0.3) is 0 Å². The van der Waals surface area contributed by atoms with Gasteiger partial charge >= 0.3 is 0 Å². The summed E-state index contributed by atoms with van der Waals surface area (Å²) >= 11 is 1.79. The van der Waals surface area contributed by atoms with Gasteiger partial charge in [-0.2, -0.15) is 0 Å². The van der Waals surface area contributed by atoms with Gasteiger partial charge < -0.3 is 10.2 Å². The van der Waals surface area contributed by atoms with Crippen LogP contribution in [0, 0.1) is 0 Å². The number of fused-ring (bicyclic) bond motifs is 1. The van der Waals surface area contributed by atoms with Gasteiger partial charge in [-0.1, -0.05) is 42.5 Å². The maximum atomic E-state index is 4.69. The van der Waals surface area contributed by atoms with Gasteiger partial charge in [0.05, 0.1) is 15.2 Å². The number of aliphatic imine (C=N–C) groups is 1. The molecule has 1 N–H and O–H groups in total. The molecule has 3 aromatic rings. The highest BCUT2D eigenvalue weighted by Crippen LogP contribution is 2.22. The van der Waals surface area contributed by atoms with E-state index < -0.39 is 0 Å².